The molecule has 6 heteroatoms. The van der Waals surface area contributed by atoms with Gasteiger partial charge in [-0.25, -0.2) is 0 Å². The second-order valence-electron chi connectivity index (χ2n) is 5.16. The van der Waals surface area contributed by atoms with E-state index in [1.807, 2.05) is 0 Å². The highest BCUT2D eigenvalue weighted by Crippen LogP contribution is 2.11. The predicted molar refractivity (Wildman–Crippen MR) is 75.6 cm³/mol. The third-order valence-electron chi connectivity index (χ3n) is 2.23. The average molecular weight is 273 g/mol. The average Bonchev–Trinajstić information content (AvgIpc) is 2.25. The van der Waals surface area contributed by atoms with E-state index in [0.29, 0.717) is 6.42 Å². The molecule has 0 aliphatic carbocycles. The number of hydrogen-bond donors (Lipinski definition) is 3. The van der Waals surface area contributed by atoms with E-state index >= 15 is 0 Å². The summed E-state index contributed by atoms with van der Waals surface area (Å²) in [7, 11) is 0. The molecule has 0 bridgehead atoms. The maximum atomic E-state index is 11.6. The lowest BCUT2D eigenvalue weighted by atomic mass is 9.96. The number of hydrazine groups is 1. The zero-order chi connectivity index (χ0) is 14.2. The fraction of sp³-hybridized carbons (Fsp3) is 0.750. The normalized spacial score (nSPS) is 10.7. The molecule has 5 nitrogen and oxygen atoms in total. The standard InChI is InChI=1S/C12H23N3O2S/c1-5-6-7-8-9(16)14-15-11(18)13-10(17)12(2,3)4/h5-8H2,1-4H3,(H,14,16)(H2,13,15,17,18). The molecular formula is C12H23N3O2S. The lowest BCUT2D eigenvalue weighted by Gasteiger charge is -2.18. The Morgan fingerprint density at radius 2 is 1.72 bits per heavy atom. The maximum absolute atomic E-state index is 11.6. The van der Waals surface area contributed by atoms with Crippen LogP contribution in [0, 0.1) is 5.41 Å². The van der Waals surface area contributed by atoms with Gasteiger partial charge in [-0.15, -0.1) is 0 Å². The van der Waals surface area contributed by atoms with Crippen LogP contribution in [0.2, 0.25) is 0 Å². The number of amides is 2. The van der Waals surface area contributed by atoms with Crippen molar-refractivity contribution in [1.82, 2.24) is 16.2 Å². The summed E-state index contributed by atoms with van der Waals surface area (Å²) in [5.74, 6) is -0.323. The summed E-state index contributed by atoms with van der Waals surface area (Å²) >= 11 is 4.90. The Morgan fingerprint density at radius 1 is 1.11 bits per heavy atom. The zero-order valence-electron chi connectivity index (χ0n) is 11.6. The van der Waals surface area contributed by atoms with Gasteiger partial charge < -0.3 is 5.32 Å². The Balaban J connectivity index is 3.84. The van der Waals surface area contributed by atoms with Crippen molar-refractivity contribution in [3.8, 4) is 0 Å². The Hall–Kier alpha value is -1.17. The molecule has 0 saturated carbocycles. The van der Waals surface area contributed by atoms with Crippen molar-refractivity contribution in [3.05, 3.63) is 0 Å². The Bertz CT molecular complexity index is 311. The number of carbonyl (C=O) groups excluding carboxylic acids is 2. The second-order valence-corrected chi connectivity index (χ2v) is 5.57. The third-order valence-corrected chi connectivity index (χ3v) is 2.44. The van der Waals surface area contributed by atoms with Crippen LogP contribution in [0.25, 0.3) is 0 Å². The zero-order valence-corrected chi connectivity index (χ0v) is 12.4. The molecular weight excluding hydrogens is 250 g/mol. The smallest absolute Gasteiger partial charge is 0.238 e. The minimum atomic E-state index is -0.517. The maximum Gasteiger partial charge on any atom is 0.238 e. The van der Waals surface area contributed by atoms with Crippen LogP contribution in [0.15, 0.2) is 0 Å². The Labute approximate surface area is 114 Å². The van der Waals surface area contributed by atoms with Gasteiger partial charge in [0.15, 0.2) is 5.11 Å². The molecule has 0 aromatic heterocycles. The summed E-state index contributed by atoms with van der Waals surface area (Å²) in [6, 6.07) is 0. The van der Waals surface area contributed by atoms with Gasteiger partial charge in [0.25, 0.3) is 0 Å². The topological polar surface area (TPSA) is 70.2 Å². The fourth-order valence-electron chi connectivity index (χ4n) is 1.05. The van der Waals surface area contributed by atoms with Crippen molar-refractivity contribution in [2.75, 3.05) is 0 Å². The molecule has 0 fully saturated rings. The van der Waals surface area contributed by atoms with Crippen LogP contribution in [-0.2, 0) is 9.59 Å². The summed E-state index contributed by atoms with van der Waals surface area (Å²) in [6.07, 6.45) is 3.40. The fourth-order valence-corrected chi connectivity index (χ4v) is 1.19. The van der Waals surface area contributed by atoms with E-state index in [1.165, 1.54) is 0 Å². The molecule has 2 amide bonds. The summed E-state index contributed by atoms with van der Waals surface area (Å²) in [4.78, 5) is 22.9. The van der Waals surface area contributed by atoms with Crippen LogP contribution < -0.4 is 16.2 Å². The highest BCUT2D eigenvalue weighted by molar-refractivity contribution is 7.80. The van der Waals surface area contributed by atoms with Gasteiger partial charge >= 0.3 is 0 Å². The molecule has 0 atom stereocenters. The lowest BCUT2D eigenvalue weighted by Crippen LogP contribution is -2.50. The molecule has 0 aromatic carbocycles. The van der Waals surface area contributed by atoms with E-state index in [4.69, 9.17) is 12.2 Å². The van der Waals surface area contributed by atoms with E-state index in [1.54, 1.807) is 20.8 Å². The quantitative estimate of drug-likeness (QED) is 0.414. The SMILES string of the molecule is CCCCCC(=O)NNC(=S)NC(=O)C(C)(C)C. The number of carbonyl (C=O) groups is 2. The van der Waals surface area contributed by atoms with Crippen molar-refractivity contribution in [1.29, 1.82) is 0 Å². The van der Waals surface area contributed by atoms with Gasteiger partial charge in [-0.3, -0.25) is 20.4 Å². The van der Waals surface area contributed by atoms with Crippen molar-refractivity contribution < 1.29 is 9.59 Å². The minimum absolute atomic E-state index is 0.110. The molecule has 0 rings (SSSR count). The van der Waals surface area contributed by atoms with E-state index in [9.17, 15) is 9.59 Å². The largest absolute Gasteiger partial charge is 0.301 e. The van der Waals surface area contributed by atoms with Crippen LogP contribution in [0.4, 0.5) is 0 Å². The lowest BCUT2D eigenvalue weighted by molar-refractivity contribution is -0.127. The summed E-state index contributed by atoms with van der Waals surface area (Å²) in [5, 5.41) is 2.62. The first-order valence-corrected chi connectivity index (χ1v) is 6.58. The number of thiocarbonyl (C=S) groups is 1. The molecule has 0 aliphatic rings. The van der Waals surface area contributed by atoms with Gasteiger partial charge in [0.1, 0.15) is 0 Å². The van der Waals surface area contributed by atoms with Gasteiger partial charge in [-0.05, 0) is 18.6 Å². The predicted octanol–water partition coefficient (Wildman–Crippen LogP) is 1.63. The summed E-state index contributed by atoms with van der Waals surface area (Å²) < 4.78 is 0. The van der Waals surface area contributed by atoms with Crippen molar-refractivity contribution >= 4 is 29.1 Å². The molecule has 0 unspecified atom stereocenters. The molecule has 0 aliphatic heterocycles. The minimum Gasteiger partial charge on any atom is -0.301 e. The van der Waals surface area contributed by atoms with Crippen LogP contribution in [0.3, 0.4) is 0 Å². The molecule has 104 valence electrons. The van der Waals surface area contributed by atoms with Crippen molar-refractivity contribution in [3.63, 3.8) is 0 Å². The first-order valence-electron chi connectivity index (χ1n) is 6.17. The molecule has 0 heterocycles. The van der Waals surface area contributed by atoms with Crippen LogP contribution >= 0.6 is 12.2 Å². The molecule has 0 saturated heterocycles. The Kier molecular flexibility index (Phi) is 7.50. The van der Waals surface area contributed by atoms with Crippen LogP contribution in [0.1, 0.15) is 53.4 Å². The number of rotatable bonds is 4. The first-order chi connectivity index (χ1) is 8.27. The third kappa shape index (κ3) is 8.00. The van der Waals surface area contributed by atoms with Crippen molar-refractivity contribution in [2.45, 2.75) is 53.4 Å². The number of hydrogen-bond acceptors (Lipinski definition) is 3. The number of unbranched alkanes of at least 4 members (excludes halogenated alkanes) is 2. The highest BCUT2D eigenvalue weighted by Gasteiger charge is 2.21. The highest BCUT2D eigenvalue weighted by atomic mass is 32.1. The number of nitrogens with one attached hydrogen (secondary N) is 3. The van der Waals surface area contributed by atoms with Gasteiger partial charge in [0.05, 0.1) is 0 Å². The van der Waals surface area contributed by atoms with Crippen LogP contribution in [-0.4, -0.2) is 16.9 Å². The molecule has 0 radical (unpaired) electrons. The van der Waals surface area contributed by atoms with Crippen molar-refractivity contribution in [2.24, 2.45) is 5.41 Å². The van der Waals surface area contributed by atoms with Gasteiger partial charge in [0, 0.05) is 11.8 Å². The molecule has 18 heavy (non-hydrogen) atoms. The van der Waals surface area contributed by atoms with E-state index in [-0.39, 0.29) is 16.9 Å². The molecule has 0 aromatic rings. The monoisotopic (exact) mass is 273 g/mol. The first kappa shape index (κ1) is 16.8. The molecule has 3 N–H and O–H groups in total. The summed E-state index contributed by atoms with van der Waals surface area (Å²) in [6.45, 7) is 7.43. The summed E-state index contributed by atoms with van der Waals surface area (Å²) in [5.41, 5.74) is 4.45. The second kappa shape index (κ2) is 8.02. The van der Waals surface area contributed by atoms with Gasteiger partial charge in [-0.1, -0.05) is 40.5 Å². The van der Waals surface area contributed by atoms with E-state index in [0.717, 1.165) is 19.3 Å². The van der Waals surface area contributed by atoms with Gasteiger partial charge in [0.2, 0.25) is 11.8 Å². The molecule has 0 spiro atoms. The van der Waals surface area contributed by atoms with E-state index < -0.39 is 5.41 Å². The van der Waals surface area contributed by atoms with Crippen LogP contribution in [0.5, 0.6) is 0 Å². The van der Waals surface area contributed by atoms with E-state index in [2.05, 4.69) is 23.1 Å². The van der Waals surface area contributed by atoms with Gasteiger partial charge in [-0.2, -0.15) is 0 Å². The Morgan fingerprint density at radius 3 is 2.22 bits per heavy atom.